The number of amides is 2. The second-order valence-corrected chi connectivity index (χ2v) is 10.0. The Kier molecular flexibility index (Phi) is 6.93. The molecule has 0 N–H and O–H groups in total. The van der Waals surface area contributed by atoms with E-state index in [4.69, 9.17) is 4.74 Å². The van der Waals surface area contributed by atoms with Gasteiger partial charge in [0.2, 0.25) is 15.7 Å². The van der Waals surface area contributed by atoms with Crippen LogP contribution in [0.1, 0.15) is 18.1 Å². The summed E-state index contributed by atoms with van der Waals surface area (Å²) in [6, 6.07) is 25.8. The average Bonchev–Trinajstić information content (AvgIpc) is 3.23. The quantitative estimate of drug-likeness (QED) is 0.494. The average molecular weight is 476 g/mol. The first-order valence-electron chi connectivity index (χ1n) is 11.0. The van der Waals surface area contributed by atoms with Crippen LogP contribution in [0, 0.1) is 5.92 Å². The fourth-order valence-electron chi connectivity index (χ4n) is 3.95. The molecule has 1 unspecified atom stereocenters. The van der Waals surface area contributed by atoms with Crippen molar-refractivity contribution >= 4 is 26.7 Å². The highest BCUT2D eigenvalue weighted by atomic mass is 32.2. The van der Waals surface area contributed by atoms with Crippen LogP contribution >= 0.6 is 0 Å². The number of carbonyl (C=O) groups excluding carboxylic acids is 2. The molecule has 1 fully saturated rings. The summed E-state index contributed by atoms with van der Waals surface area (Å²) in [6.07, 6.45) is 1.17. The van der Waals surface area contributed by atoms with Crippen LogP contribution < -0.4 is 0 Å². The van der Waals surface area contributed by atoms with Crippen molar-refractivity contribution in [1.82, 2.24) is 4.90 Å². The molecule has 1 aliphatic heterocycles. The molecule has 3 aromatic carbocycles. The number of hydrogen-bond acceptors (Lipinski definition) is 5. The minimum atomic E-state index is -3.91. The summed E-state index contributed by atoms with van der Waals surface area (Å²) in [5.74, 6) is -1.38. The lowest BCUT2D eigenvalue weighted by atomic mass is 10.0. The van der Waals surface area contributed by atoms with E-state index in [1.807, 2.05) is 30.3 Å². The van der Waals surface area contributed by atoms with Crippen LogP contribution in [0.2, 0.25) is 0 Å². The number of carbonyl (C=O) groups is 2. The number of sulfone groups is 1. The van der Waals surface area contributed by atoms with Crippen molar-refractivity contribution in [2.45, 2.75) is 24.3 Å². The Balaban J connectivity index is 1.67. The maximum absolute atomic E-state index is 13.5. The lowest BCUT2D eigenvalue weighted by Gasteiger charge is -2.22. The molecule has 1 aliphatic rings. The van der Waals surface area contributed by atoms with Gasteiger partial charge in [0.05, 0.1) is 21.8 Å². The van der Waals surface area contributed by atoms with Gasteiger partial charge in [0.15, 0.2) is 0 Å². The van der Waals surface area contributed by atoms with Crippen LogP contribution in [0.3, 0.4) is 0 Å². The number of imide groups is 1. The van der Waals surface area contributed by atoms with Crippen molar-refractivity contribution in [3.05, 3.63) is 108 Å². The smallest absolute Gasteiger partial charge is 0.417 e. The van der Waals surface area contributed by atoms with Crippen LogP contribution in [-0.2, 0) is 25.8 Å². The predicted molar refractivity (Wildman–Crippen MR) is 129 cm³/mol. The van der Waals surface area contributed by atoms with Crippen molar-refractivity contribution in [1.29, 1.82) is 0 Å². The summed E-state index contributed by atoms with van der Waals surface area (Å²) in [5.41, 5.74) is 1.44. The number of nitrogens with zero attached hydrogens (tertiary/aromatic N) is 1. The van der Waals surface area contributed by atoms with Gasteiger partial charge in [-0.3, -0.25) is 4.79 Å². The molecule has 2 atom stereocenters. The molecule has 0 bridgehead atoms. The minimum absolute atomic E-state index is 0.0207. The van der Waals surface area contributed by atoms with Crippen LogP contribution in [0.5, 0.6) is 0 Å². The third-order valence-corrected chi connectivity index (χ3v) is 7.55. The summed E-state index contributed by atoms with van der Waals surface area (Å²) >= 11 is 0. The summed E-state index contributed by atoms with van der Waals surface area (Å²) in [5, 5.41) is 0. The molecule has 0 aromatic heterocycles. The van der Waals surface area contributed by atoms with Gasteiger partial charge in [-0.15, -0.1) is 0 Å². The number of cyclic esters (lactones) is 1. The first kappa shape index (κ1) is 23.4. The zero-order valence-corrected chi connectivity index (χ0v) is 19.5. The van der Waals surface area contributed by atoms with Gasteiger partial charge in [0.1, 0.15) is 6.61 Å². The molecule has 1 heterocycles. The largest absolute Gasteiger partial charge is 0.447 e. The Bertz CT molecular complexity index is 1290. The molecule has 2 amide bonds. The Morgan fingerprint density at radius 3 is 2.15 bits per heavy atom. The number of ether oxygens (including phenoxy) is 1. The first-order chi connectivity index (χ1) is 16.4. The Hall–Kier alpha value is -3.71. The molecule has 4 rings (SSSR count). The second kappa shape index (κ2) is 10.1. The number of hydrogen-bond donors (Lipinski definition) is 0. The predicted octanol–water partition coefficient (Wildman–Crippen LogP) is 4.73. The molecule has 6 nitrogen and oxygen atoms in total. The van der Waals surface area contributed by atoms with Gasteiger partial charge < -0.3 is 4.74 Å². The molecule has 0 aliphatic carbocycles. The maximum Gasteiger partial charge on any atom is 0.417 e. The van der Waals surface area contributed by atoms with Gasteiger partial charge in [0, 0.05) is 0 Å². The van der Waals surface area contributed by atoms with E-state index < -0.39 is 33.8 Å². The van der Waals surface area contributed by atoms with Gasteiger partial charge in [-0.25, -0.2) is 18.1 Å². The molecule has 0 radical (unpaired) electrons. The third kappa shape index (κ3) is 4.94. The minimum Gasteiger partial charge on any atom is -0.447 e. The summed E-state index contributed by atoms with van der Waals surface area (Å²) < 4.78 is 32.2. The van der Waals surface area contributed by atoms with E-state index in [-0.39, 0.29) is 16.4 Å². The molecular weight excluding hydrogens is 450 g/mol. The van der Waals surface area contributed by atoms with Gasteiger partial charge >= 0.3 is 6.09 Å². The van der Waals surface area contributed by atoms with E-state index in [9.17, 15) is 18.0 Å². The lowest BCUT2D eigenvalue weighted by molar-refractivity contribution is -0.131. The highest BCUT2D eigenvalue weighted by molar-refractivity contribution is 8.00. The van der Waals surface area contributed by atoms with E-state index in [1.54, 1.807) is 55.5 Å². The fraction of sp³-hybridized carbons (Fsp3) is 0.185. The number of benzene rings is 3. The molecule has 0 spiro atoms. The van der Waals surface area contributed by atoms with Crippen LogP contribution in [0.15, 0.2) is 102 Å². The fourth-order valence-corrected chi connectivity index (χ4v) is 5.55. The Morgan fingerprint density at radius 1 is 0.971 bits per heavy atom. The normalized spacial score (nSPS) is 17.3. The summed E-state index contributed by atoms with van der Waals surface area (Å²) in [7, 11) is -3.91. The van der Waals surface area contributed by atoms with Crippen LogP contribution in [0.25, 0.3) is 4.91 Å². The molecule has 0 saturated carbocycles. The van der Waals surface area contributed by atoms with E-state index in [0.717, 1.165) is 10.5 Å². The van der Waals surface area contributed by atoms with Gasteiger partial charge in [-0.2, -0.15) is 0 Å². The third-order valence-electron chi connectivity index (χ3n) is 5.70. The van der Waals surface area contributed by atoms with Gasteiger partial charge in [-0.1, -0.05) is 91.9 Å². The van der Waals surface area contributed by atoms with E-state index in [1.165, 1.54) is 18.2 Å². The van der Waals surface area contributed by atoms with E-state index in [2.05, 4.69) is 0 Å². The standard InChI is InChI=1S/C27H25NO5S/c1-20(26(29)28-23(19-33-27(28)30)18-21-11-5-2-6-12-21)17-25(22-13-7-3-8-14-22)34(31,32)24-15-9-4-10-16-24/h2-17,20,23H,18-19H2,1H3/b25-17-/t20?,23-/m0/s1. The van der Waals surface area contributed by atoms with Crippen molar-refractivity contribution < 1.29 is 22.7 Å². The molecule has 7 heteroatoms. The molecular formula is C27H25NO5S. The van der Waals surface area contributed by atoms with E-state index in [0.29, 0.717) is 12.0 Å². The van der Waals surface area contributed by atoms with E-state index >= 15 is 0 Å². The summed E-state index contributed by atoms with van der Waals surface area (Å²) in [6.45, 7) is 1.70. The van der Waals surface area contributed by atoms with Gasteiger partial charge in [-0.05, 0) is 29.7 Å². The van der Waals surface area contributed by atoms with Crippen LogP contribution in [-0.4, -0.2) is 38.0 Å². The van der Waals surface area contributed by atoms with Gasteiger partial charge in [0.25, 0.3) is 0 Å². The van der Waals surface area contributed by atoms with Crippen molar-refractivity contribution in [2.75, 3.05) is 6.61 Å². The molecule has 174 valence electrons. The zero-order chi connectivity index (χ0) is 24.1. The Morgan fingerprint density at radius 2 is 1.53 bits per heavy atom. The highest BCUT2D eigenvalue weighted by Gasteiger charge is 2.39. The maximum atomic E-state index is 13.5. The van der Waals surface area contributed by atoms with Crippen molar-refractivity contribution in [3.8, 4) is 0 Å². The monoisotopic (exact) mass is 475 g/mol. The zero-order valence-electron chi connectivity index (χ0n) is 18.7. The second-order valence-electron chi connectivity index (χ2n) is 8.13. The number of rotatable bonds is 7. The lowest BCUT2D eigenvalue weighted by Crippen LogP contribution is -2.42. The molecule has 1 saturated heterocycles. The molecule has 3 aromatic rings. The van der Waals surface area contributed by atoms with Crippen molar-refractivity contribution in [2.24, 2.45) is 5.92 Å². The van der Waals surface area contributed by atoms with Crippen molar-refractivity contribution in [3.63, 3.8) is 0 Å². The first-order valence-corrected chi connectivity index (χ1v) is 12.5. The molecule has 34 heavy (non-hydrogen) atoms. The summed E-state index contributed by atoms with van der Waals surface area (Å²) in [4.78, 5) is 27.1. The highest BCUT2D eigenvalue weighted by Crippen LogP contribution is 2.30. The van der Waals surface area contributed by atoms with Crippen LogP contribution in [0.4, 0.5) is 4.79 Å². The topological polar surface area (TPSA) is 80.8 Å². The Labute approximate surface area is 199 Å². The SMILES string of the molecule is CC(/C=C(/c1ccccc1)S(=O)(=O)c1ccccc1)C(=O)N1C(=O)OC[C@@H]1Cc1ccccc1.